The maximum atomic E-state index is 13.1. The van der Waals surface area contributed by atoms with Crippen LogP contribution >= 0.6 is 0 Å². The lowest BCUT2D eigenvalue weighted by Crippen LogP contribution is -2.40. The predicted molar refractivity (Wildman–Crippen MR) is 229 cm³/mol. The number of hydrogen-bond donors (Lipinski definition) is 2. The van der Waals surface area contributed by atoms with Crippen molar-refractivity contribution in [2.75, 3.05) is 38.3 Å². The number of ether oxygens (including phenoxy) is 3. The van der Waals surface area contributed by atoms with Crippen LogP contribution in [0.2, 0.25) is 0 Å². The Balaban J connectivity index is 1.33. The number of rotatable bonds is 22. The Morgan fingerprint density at radius 3 is 2.29 bits per heavy atom. The van der Waals surface area contributed by atoms with Crippen molar-refractivity contribution < 1.29 is 33.4 Å². The molecule has 0 aliphatic carbocycles. The van der Waals surface area contributed by atoms with E-state index in [0.29, 0.717) is 31.0 Å². The first-order chi connectivity index (χ1) is 28.4. The third-order valence-electron chi connectivity index (χ3n) is 9.44. The number of amides is 3. The van der Waals surface area contributed by atoms with Crippen LogP contribution in [0.15, 0.2) is 84.1 Å². The SMILES string of the molecule is COC(=O)C[C@H](NC(=O)CNC(=O)CCCN(C(=O)OC(C)(C)C)c1cc(C)ccn1)c1ccc(-c2ccc(OCCCCCCCCN=[N+]=[N-])c3ccccc23)cc1. The Labute approximate surface area is 346 Å². The quantitative estimate of drug-likeness (QED) is 0.0259. The second-order valence-corrected chi connectivity index (χ2v) is 15.3. The van der Waals surface area contributed by atoms with Gasteiger partial charge in [-0.1, -0.05) is 85.4 Å². The smallest absolute Gasteiger partial charge is 0.416 e. The largest absolute Gasteiger partial charge is 0.493 e. The molecule has 4 aromatic rings. The zero-order chi connectivity index (χ0) is 42.6. The topological polar surface area (TPSA) is 185 Å². The lowest BCUT2D eigenvalue weighted by molar-refractivity contribution is -0.141. The molecule has 2 N–H and O–H groups in total. The van der Waals surface area contributed by atoms with Crippen LogP contribution in [0.1, 0.15) is 95.7 Å². The molecular weight excluding hydrogens is 751 g/mol. The molecule has 0 aliphatic rings. The normalized spacial score (nSPS) is 11.5. The molecule has 0 bridgehead atoms. The van der Waals surface area contributed by atoms with Crippen molar-refractivity contribution in [2.24, 2.45) is 5.11 Å². The third-order valence-corrected chi connectivity index (χ3v) is 9.44. The van der Waals surface area contributed by atoms with Gasteiger partial charge in [0.05, 0.1) is 32.7 Å². The van der Waals surface area contributed by atoms with Gasteiger partial charge >= 0.3 is 12.1 Å². The number of azide groups is 1. The number of carbonyl (C=O) groups excluding carboxylic acids is 4. The number of methoxy groups -OCH3 is 1. The average Bonchev–Trinajstić information content (AvgIpc) is 3.21. The molecule has 0 saturated heterocycles. The Morgan fingerprint density at radius 1 is 0.881 bits per heavy atom. The second kappa shape index (κ2) is 23.3. The Morgan fingerprint density at radius 2 is 1.59 bits per heavy atom. The van der Waals surface area contributed by atoms with E-state index in [1.807, 2.05) is 61.5 Å². The standard InChI is InChI=1S/C45H57N7O7/c1-32-24-26-47-40(29-32)52(44(56)59-45(2,3)4)27-14-17-41(53)48-31-42(54)50-38(30-43(55)57-5)34-20-18-33(19-21-34)35-22-23-39(37-16-11-10-15-36(35)37)58-28-13-9-7-6-8-12-25-49-51-46/h10-11,15-16,18-24,26,29,38H,6-9,12-14,17,25,27-28,30-31H2,1-5H3,(H,48,53)(H,50,54)/t38-/m0/s1. The highest BCUT2D eigenvalue weighted by molar-refractivity contribution is 6.00. The first-order valence-corrected chi connectivity index (χ1v) is 20.2. The number of unbranched alkanes of at least 4 members (excludes halogenated alkanes) is 5. The van der Waals surface area contributed by atoms with E-state index in [1.54, 1.807) is 33.0 Å². The maximum absolute atomic E-state index is 13.1. The minimum absolute atomic E-state index is 0.0519. The number of fused-ring (bicyclic) bond motifs is 1. The van der Waals surface area contributed by atoms with Crippen molar-refractivity contribution in [3.63, 3.8) is 0 Å². The molecule has 0 spiro atoms. The van der Waals surface area contributed by atoms with E-state index in [-0.39, 0.29) is 31.8 Å². The summed E-state index contributed by atoms with van der Waals surface area (Å²) >= 11 is 0. The molecule has 4 rings (SSSR count). The van der Waals surface area contributed by atoms with Gasteiger partial charge in [0, 0.05) is 36.0 Å². The van der Waals surface area contributed by atoms with Gasteiger partial charge in [-0.2, -0.15) is 0 Å². The Kier molecular flexibility index (Phi) is 18.0. The molecule has 0 radical (unpaired) electrons. The van der Waals surface area contributed by atoms with E-state index < -0.39 is 29.6 Å². The van der Waals surface area contributed by atoms with Crippen LogP contribution in [-0.2, 0) is 23.9 Å². The molecule has 1 heterocycles. The third kappa shape index (κ3) is 15.3. The van der Waals surface area contributed by atoms with Crippen molar-refractivity contribution in [2.45, 2.75) is 97.1 Å². The number of anilines is 1. The number of esters is 1. The molecule has 3 aromatic carbocycles. The fourth-order valence-corrected chi connectivity index (χ4v) is 6.46. The summed E-state index contributed by atoms with van der Waals surface area (Å²) < 4.78 is 16.7. The first kappa shape index (κ1) is 45.6. The molecule has 0 unspecified atom stereocenters. The highest BCUT2D eigenvalue weighted by Crippen LogP contribution is 2.35. The summed E-state index contributed by atoms with van der Waals surface area (Å²) in [5.41, 5.74) is 11.3. The van der Waals surface area contributed by atoms with Crippen LogP contribution in [0.4, 0.5) is 10.6 Å². The van der Waals surface area contributed by atoms with E-state index in [4.69, 9.17) is 19.7 Å². The molecule has 59 heavy (non-hydrogen) atoms. The Hall–Kier alpha value is -6.14. The summed E-state index contributed by atoms with van der Waals surface area (Å²) in [4.78, 5) is 59.8. The van der Waals surface area contributed by atoms with E-state index in [0.717, 1.165) is 71.7 Å². The zero-order valence-electron chi connectivity index (χ0n) is 34.9. The molecule has 14 heteroatoms. The van der Waals surface area contributed by atoms with Gasteiger partial charge in [-0.15, -0.1) is 0 Å². The number of carbonyl (C=O) groups is 4. The van der Waals surface area contributed by atoms with Gasteiger partial charge < -0.3 is 24.8 Å². The fourth-order valence-electron chi connectivity index (χ4n) is 6.46. The number of nitrogens with one attached hydrogen (secondary N) is 2. The van der Waals surface area contributed by atoms with Crippen LogP contribution in [0.3, 0.4) is 0 Å². The minimum Gasteiger partial charge on any atom is -0.493 e. The minimum atomic E-state index is -0.715. The van der Waals surface area contributed by atoms with Gasteiger partial charge in [-0.25, -0.2) is 9.78 Å². The molecule has 0 saturated carbocycles. The summed E-state index contributed by atoms with van der Waals surface area (Å²) in [5.74, 6) is -0.0909. The van der Waals surface area contributed by atoms with Crippen LogP contribution in [0.25, 0.3) is 32.3 Å². The molecule has 0 fully saturated rings. The molecule has 3 amide bonds. The first-order valence-electron chi connectivity index (χ1n) is 20.2. The number of benzene rings is 3. The van der Waals surface area contributed by atoms with Crippen molar-refractivity contribution in [3.8, 4) is 16.9 Å². The van der Waals surface area contributed by atoms with Crippen LogP contribution in [0.5, 0.6) is 5.75 Å². The van der Waals surface area contributed by atoms with Crippen molar-refractivity contribution in [1.29, 1.82) is 0 Å². The highest BCUT2D eigenvalue weighted by atomic mass is 16.6. The van der Waals surface area contributed by atoms with Gasteiger partial charge in [0.15, 0.2) is 0 Å². The summed E-state index contributed by atoms with van der Waals surface area (Å²) in [6, 6.07) is 22.7. The van der Waals surface area contributed by atoms with Gasteiger partial charge in [-0.05, 0) is 98.3 Å². The van der Waals surface area contributed by atoms with Crippen molar-refractivity contribution in [3.05, 3.63) is 101 Å². The average molecular weight is 808 g/mol. The number of aryl methyl sites for hydroxylation is 1. The lowest BCUT2D eigenvalue weighted by Gasteiger charge is -2.27. The van der Waals surface area contributed by atoms with E-state index in [2.05, 4.69) is 37.8 Å². The molecule has 0 aliphatic heterocycles. The summed E-state index contributed by atoms with van der Waals surface area (Å²) in [6.45, 7) is 8.29. The molecular formula is C45H57N7O7. The van der Waals surface area contributed by atoms with Gasteiger partial charge in [-0.3, -0.25) is 19.3 Å². The van der Waals surface area contributed by atoms with Gasteiger partial charge in [0.25, 0.3) is 0 Å². The van der Waals surface area contributed by atoms with Crippen molar-refractivity contribution in [1.82, 2.24) is 15.6 Å². The van der Waals surface area contributed by atoms with E-state index >= 15 is 0 Å². The summed E-state index contributed by atoms with van der Waals surface area (Å²) in [5, 5.41) is 11.1. The maximum Gasteiger partial charge on any atom is 0.416 e. The van der Waals surface area contributed by atoms with Gasteiger partial charge in [0.1, 0.15) is 17.2 Å². The second-order valence-electron chi connectivity index (χ2n) is 15.3. The van der Waals surface area contributed by atoms with Gasteiger partial charge in [0.2, 0.25) is 11.8 Å². The van der Waals surface area contributed by atoms with Crippen LogP contribution in [0, 0.1) is 6.92 Å². The number of aromatic nitrogens is 1. The summed E-state index contributed by atoms with van der Waals surface area (Å²) in [7, 11) is 1.29. The molecule has 1 atom stereocenters. The van der Waals surface area contributed by atoms with Crippen molar-refractivity contribution >= 4 is 40.5 Å². The number of nitrogens with zero attached hydrogens (tertiary/aromatic N) is 5. The lowest BCUT2D eigenvalue weighted by atomic mass is 9.95. The Bertz CT molecular complexity index is 2060. The van der Waals surface area contributed by atoms with E-state index in [9.17, 15) is 19.2 Å². The molecule has 14 nitrogen and oxygen atoms in total. The van der Waals surface area contributed by atoms with Crippen LogP contribution < -0.4 is 20.3 Å². The molecule has 1 aromatic heterocycles. The fraction of sp³-hybridized carbons (Fsp3) is 0.444. The zero-order valence-corrected chi connectivity index (χ0v) is 34.9. The summed E-state index contributed by atoms with van der Waals surface area (Å²) in [6.07, 6.45) is 7.52. The van der Waals surface area contributed by atoms with E-state index in [1.165, 1.54) is 12.0 Å². The monoisotopic (exact) mass is 807 g/mol. The van der Waals surface area contributed by atoms with Crippen LogP contribution in [-0.4, -0.2) is 67.8 Å². The number of hydrogen-bond acceptors (Lipinski definition) is 9. The predicted octanol–water partition coefficient (Wildman–Crippen LogP) is 9.30. The molecule has 314 valence electrons. The highest BCUT2D eigenvalue weighted by Gasteiger charge is 2.25. The number of pyridine rings is 1.